The van der Waals surface area contributed by atoms with Gasteiger partial charge in [-0.1, -0.05) is 24.3 Å². The maximum absolute atomic E-state index is 11.1. The number of methoxy groups -OCH3 is 1. The molecule has 0 amide bonds. The number of aromatic carboxylic acids is 1. The van der Waals surface area contributed by atoms with Crippen LogP contribution in [0, 0.1) is 0 Å². The molecule has 0 bridgehead atoms. The molecule has 0 fully saturated rings. The van der Waals surface area contributed by atoms with Crippen molar-refractivity contribution in [2.24, 2.45) is 0 Å². The lowest BCUT2D eigenvalue weighted by atomic mass is 10.2. The van der Waals surface area contributed by atoms with Gasteiger partial charge in [0.15, 0.2) is 0 Å². The van der Waals surface area contributed by atoms with Gasteiger partial charge in [-0.05, 0) is 24.3 Å². The summed E-state index contributed by atoms with van der Waals surface area (Å²) in [4.78, 5) is 19.4. The van der Waals surface area contributed by atoms with E-state index in [1.807, 2.05) is 24.3 Å². The average molecular weight is 350 g/mol. The van der Waals surface area contributed by atoms with E-state index < -0.39 is 5.97 Å². The molecule has 0 aliphatic heterocycles. The lowest BCUT2D eigenvalue weighted by Gasteiger charge is -2.11. The minimum absolute atomic E-state index is 0.207. The molecule has 2 aromatic carbocycles. The molecule has 0 saturated heterocycles. The van der Waals surface area contributed by atoms with Crippen molar-refractivity contribution in [2.45, 2.75) is 6.54 Å². The first-order chi connectivity index (χ1) is 12.7. The van der Waals surface area contributed by atoms with E-state index in [0.717, 1.165) is 11.3 Å². The third kappa shape index (κ3) is 4.27. The van der Waals surface area contributed by atoms with Gasteiger partial charge in [-0.3, -0.25) is 0 Å². The zero-order valence-corrected chi connectivity index (χ0v) is 14.1. The molecule has 0 aliphatic rings. The third-order valence-electron chi connectivity index (χ3n) is 3.70. The molecule has 26 heavy (non-hydrogen) atoms. The van der Waals surface area contributed by atoms with Gasteiger partial charge in [0.1, 0.15) is 23.7 Å². The fraction of sp³-hybridized carbons (Fsp3) is 0.105. The fourth-order valence-corrected chi connectivity index (χ4v) is 2.43. The summed E-state index contributed by atoms with van der Waals surface area (Å²) in [6.45, 7) is 0.551. The van der Waals surface area contributed by atoms with Crippen molar-refractivity contribution < 1.29 is 14.6 Å². The maximum Gasteiger partial charge on any atom is 0.335 e. The summed E-state index contributed by atoms with van der Waals surface area (Å²) < 4.78 is 5.33. The van der Waals surface area contributed by atoms with E-state index in [2.05, 4.69) is 20.6 Å². The van der Waals surface area contributed by atoms with Crippen LogP contribution in [0.3, 0.4) is 0 Å². The highest BCUT2D eigenvalue weighted by Gasteiger charge is 2.06. The van der Waals surface area contributed by atoms with Crippen LogP contribution in [0.2, 0.25) is 0 Å². The second-order valence-electron chi connectivity index (χ2n) is 5.46. The molecular weight excluding hydrogens is 332 g/mol. The van der Waals surface area contributed by atoms with Crippen molar-refractivity contribution in [3.05, 3.63) is 72.1 Å². The van der Waals surface area contributed by atoms with Gasteiger partial charge in [0, 0.05) is 23.9 Å². The summed E-state index contributed by atoms with van der Waals surface area (Å²) >= 11 is 0. The van der Waals surface area contributed by atoms with E-state index in [-0.39, 0.29) is 5.56 Å². The molecule has 0 saturated carbocycles. The number of carbonyl (C=O) groups is 1. The van der Waals surface area contributed by atoms with E-state index in [1.165, 1.54) is 12.4 Å². The summed E-state index contributed by atoms with van der Waals surface area (Å²) in [5.74, 6) is 1.03. The van der Waals surface area contributed by atoms with Gasteiger partial charge in [0.2, 0.25) is 0 Å². The molecule has 0 aliphatic carbocycles. The number of rotatable bonds is 7. The molecule has 0 spiro atoms. The standard InChI is InChI=1S/C19H18N4O3/c1-26-16-8-3-2-5-14(16)11-20-17-10-18(22-12-21-17)23-15-7-4-6-13(9-15)19(24)25/h2-10,12H,11H2,1H3,(H,24,25)(H2,20,21,22,23). The molecule has 0 unspecified atom stereocenters. The molecule has 7 heteroatoms. The molecule has 1 heterocycles. The minimum atomic E-state index is -0.976. The van der Waals surface area contributed by atoms with Crippen LogP contribution in [0.5, 0.6) is 5.75 Å². The molecule has 132 valence electrons. The highest BCUT2D eigenvalue weighted by atomic mass is 16.5. The number of carboxylic acids is 1. The second-order valence-corrected chi connectivity index (χ2v) is 5.46. The predicted octanol–water partition coefficient (Wildman–Crippen LogP) is 3.54. The number of benzene rings is 2. The number of carboxylic acid groups (broad SMARTS) is 1. The van der Waals surface area contributed by atoms with Crippen molar-refractivity contribution in [1.29, 1.82) is 0 Å². The summed E-state index contributed by atoms with van der Waals surface area (Å²) in [5.41, 5.74) is 1.86. The molecule has 0 radical (unpaired) electrons. The molecule has 0 atom stereocenters. The van der Waals surface area contributed by atoms with Gasteiger partial charge in [0.25, 0.3) is 0 Å². The summed E-state index contributed by atoms with van der Waals surface area (Å²) in [6.07, 6.45) is 1.44. The van der Waals surface area contributed by atoms with Gasteiger partial charge in [-0.15, -0.1) is 0 Å². The Hall–Kier alpha value is -3.61. The third-order valence-corrected chi connectivity index (χ3v) is 3.70. The Balaban J connectivity index is 1.70. The normalized spacial score (nSPS) is 10.2. The largest absolute Gasteiger partial charge is 0.496 e. The van der Waals surface area contributed by atoms with Crippen LogP contribution in [-0.4, -0.2) is 28.2 Å². The molecule has 7 nitrogen and oxygen atoms in total. The first kappa shape index (κ1) is 17.2. The minimum Gasteiger partial charge on any atom is -0.496 e. The summed E-state index contributed by atoms with van der Waals surface area (Å²) in [7, 11) is 1.64. The van der Waals surface area contributed by atoms with Gasteiger partial charge >= 0.3 is 5.97 Å². The maximum atomic E-state index is 11.1. The number of hydrogen-bond donors (Lipinski definition) is 3. The summed E-state index contributed by atoms with van der Waals surface area (Å²) in [5, 5.41) is 15.4. The molecule has 3 aromatic rings. The van der Waals surface area contributed by atoms with Crippen LogP contribution in [0.25, 0.3) is 0 Å². The number of para-hydroxylation sites is 1. The van der Waals surface area contributed by atoms with Gasteiger partial charge in [0.05, 0.1) is 12.7 Å². The quantitative estimate of drug-likeness (QED) is 0.600. The van der Waals surface area contributed by atoms with Crippen LogP contribution < -0.4 is 15.4 Å². The Morgan fingerprint density at radius 3 is 2.69 bits per heavy atom. The first-order valence-corrected chi connectivity index (χ1v) is 7.94. The SMILES string of the molecule is COc1ccccc1CNc1cc(Nc2cccc(C(=O)O)c2)ncn1. The fourth-order valence-electron chi connectivity index (χ4n) is 2.43. The lowest BCUT2D eigenvalue weighted by molar-refractivity contribution is 0.0697. The Morgan fingerprint density at radius 1 is 1.08 bits per heavy atom. The predicted molar refractivity (Wildman–Crippen MR) is 99.0 cm³/mol. The van der Waals surface area contributed by atoms with E-state index in [1.54, 1.807) is 31.4 Å². The van der Waals surface area contributed by atoms with E-state index in [9.17, 15) is 4.79 Å². The smallest absolute Gasteiger partial charge is 0.335 e. The molecule has 1 aromatic heterocycles. The monoisotopic (exact) mass is 350 g/mol. The van der Waals surface area contributed by atoms with Crippen molar-refractivity contribution in [2.75, 3.05) is 17.7 Å². The Labute approximate surface area is 150 Å². The van der Waals surface area contributed by atoms with Crippen LogP contribution >= 0.6 is 0 Å². The van der Waals surface area contributed by atoms with Crippen molar-refractivity contribution >= 4 is 23.3 Å². The van der Waals surface area contributed by atoms with Crippen LogP contribution in [-0.2, 0) is 6.54 Å². The van der Waals surface area contributed by atoms with E-state index >= 15 is 0 Å². The highest BCUT2D eigenvalue weighted by molar-refractivity contribution is 5.89. The Kier molecular flexibility index (Phi) is 5.28. The van der Waals surface area contributed by atoms with E-state index in [0.29, 0.717) is 23.9 Å². The van der Waals surface area contributed by atoms with Crippen molar-refractivity contribution in [1.82, 2.24) is 9.97 Å². The van der Waals surface area contributed by atoms with Crippen molar-refractivity contribution in [3.8, 4) is 5.75 Å². The summed E-state index contributed by atoms with van der Waals surface area (Å²) in [6, 6.07) is 16.0. The zero-order valence-electron chi connectivity index (χ0n) is 14.1. The number of ether oxygens (including phenoxy) is 1. The van der Waals surface area contributed by atoms with Gasteiger partial charge in [-0.25, -0.2) is 14.8 Å². The number of nitrogens with one attached hydrogen (secondary N) is 2. The topological polar surface area (TPSA) is 96.4 Å². The molecular formula is C19H18N4O3. The Morgan fingerprint density at radius 2 is 1.88 bits per heavy atom. The lowest BCUT2D eigenvalue weighted by Crippen LogP contribution is -2.04. The molecule has 3 N–H and O–H groups in total. The Bertz CT molecular complexity index is 915. The highest BCUT2D eigenvalue weighted by Crippen LogP contribution is 2.20. The van der Waals surface area contributed by atoms with E-state index in [4.69, 9.17) is 9.84 Å². The van der Waals surface area contributed by atoms with Crippen molar-refractivity contribution in [3.63, 3.8) is 0 Å². The average Bonchev–Trinajstić information content (AvgIpc) is 2.67. The second kappa shape index (κ2) is 7.98. The van der Waals surface area contributed by atoms with Crippen LogP contribution in [0.4, 0.5) is 17.3 Å². The number of hydrogen-bond acceptors (Lipinski definition) is 6. The van der Waals surface area contributed by atoms with Gasteiger partial charge < -0.3 is 20.5 Å². The zero-order chi connectivity index (χ0) is 18.4. The van der Waals surface area contributed by atoms with Crippen LogP contribution in [0.1, 0.15) is 15.9 Å². The molecule has 3 rings (SSSR count). The van der Waals surface area contributed by atoms with Crippen LogP contribution in [0.15, 0.2) is 60.9 Å². The van der Waals surface area contributed by atoms with Gasteiger partial charge in [-0.2, -0.15) is 0 Å². The first-order valence-electron chi connectivity index (χ1n) is 7.94. The number of anilines is 3. The number of nitrogens with zero attached hydrogens (tertiary/aromatic N) is 2. The number of aromatic nitrogens is 2.